The van der Waals surface area contributed by atoms with Gasteiger partial charge in [0.2, 0.25) is 5.91 Å². The van der Waals surface area contributed by atoms with Gasteiger partial charge in [-0.05, 0) is 30.4 Å². The quantitative estimate of drug-likeness (QED) is 0.787. The van der Waals surface area contributed by atoms with Crippen molar-refractivity contribution in [3.63, 3.8) is 0 Å². The molecular formula is C15H20N2O. The van der Waals surface area contributed by atoms with E-state index in [1.807, 2.05) is 18.2 Å². The first kappa shape index (κ1) is 12.8. The number of nitrogens with one attached hydrogen (secondary N) is 1. The molecule has 1 atom stereocenters. The highest BCUT2D eigenvalue weighted by molar-refractivity contribution is 5.79. The third-order valence-corrected chi connectivity index (χ3v) is 3.41. The SMILES string of the molecule is NC/C=C/CNC(=O)C1CCc2ccccc2C1. The van der Waals surface area contributed by atoms with Gasteiger partial charge in [-0.25, -0.2) is 0 Å². The third-order valence-electron chi connectivity index (χ3n) is 3.41. The molecule has 1 aromatic rings. The molecule has 96 valence electrons. The van der Waals surface area contributed by atoms with Crippen molar-refractivity contribution in [1.82, 2.24) is 5.32 Å². The predicted octanol–water partition coefficient (Wildman–Crippen LogP) is 1.42. The third kappa shape index (κ3) is 3.20. The fourth-order valence-electron chi connectivity index (χ4n) is 2.40. The second kappa shape index (κ2) is 6.36. The summed E-state index contributed by atoms with van der Waals surface area (Å²) in [5.74, 6) is 0.275. The molecule has 3 heteroatoms. The first-order chi connectivity index (χ1) is 8.81. The molecule has 2 rings (SSSR count). The molecule has 0 heterocycles. The fraction of sp³-hybridized carbons (Fsp3) is 0.400. The molecule has 1 unspecified atom stereocenters. The molecule has 1 aliphatic rings. The van der Waals surface area contributed by atoms with Crippen LogP contribution in [0.3, 0.4) is 0 Å². The molecule has 0 bridgehead atoms. The van der Waals surface area contributed by atoms with Crippen molar-refractivity contribution in [2.45, 2.75) is 19.3 Å². The Labute approximate surface area is 108 Å². The normalized spacial score (nSPS) is 18.6. The maximum Gasteiger partial charge on any atom is 0.223 e. The Hall–Kier alpha value is -1.61. The average Bonchev–Trinajstić information content (AvgIpc) is 2.43. The van der Waals surface area contributed by atoms with Crippen LogP contribution in [0, 0.1) is 5.92 Å². The summed E-state index contributed by atoms with van der Waals surface area (Å²) in [5, 5.41) is 2.94. The minimum absolute atomic E-state index is 0.117. The lowest BCUT2D eigenvalue weighted by molar-refractivity contribution is -0.125. The summed E-state index contributed by atoms with van der Waals surface area (Å²) in [6.45, 7) is 1.10. The van der Waals surface area contributed by atoms with Gasteiger partial charge in [-0.2, -0.15) is 0 Å². The van der Waals surface area contributed by atoms with Crippen molar-refractivity contribution in [3.8, 4) is 0 Å². The smallest absolute Gasteiger partial charge is 0.223 e. The van der Waals surface area contributed by atoms with Crippen LogP contribution in [0.1, 0.15) is 17.5 Å². The van der Waals surface area contributed by atoms with Crippen LogP contribution in [-0.4, -0.2) is 19.0 Å². The number of hydrogen-bond donors (Lipinski definition) is 2. The zero-order valence-corrected chi connectivity index (χ0v) is 10.6. The number of aryl methyl sites for hydroxylation is 1. The van der Waals surface area contributed by atoms with Crippen LogP contribution in [0.4, 0.5) is 0 Å². The Morgan fingerprint density at radius 2 is 2.11 bits per heavy atom. The Morgan fingerprint density at radius 1 is 1.33 bits per heavy atom. The topological polar surface area (TPSA) is 55.1 Å². The average molecular weight is 244 g/mol. The maximum absolute atomic E-state index is 12.0. The molecule has 1 aliphatic carbocycles. The van der Waals surface area contributed by atoms with Gasteiger partial charge in [0.25, 0.3) is 0 Å². The van der Waals surface area contributed by atoms with E-state index in [9.17, 15) is 4.79 Å². The van der Waals surface area contributed by atoms with Crippen LogP contribution in [-0.2, 0) is 17.6 Å². The van der Waals surface area contributed by atoms with Crippen LogP contribution in [0.25, 0.3) is 0 Å². The van der Waals surface area contributed by atoms with Crippen molar-refractivity contribution in [1.29, 1.82) is 0 Å². The van der Waals surface area contributed by atoms with E-state index in [0.29, 0.717) is 13.1 Å². The van der Waals surface area contributed by atoms with E-state index in [1.54, 1.807) is 0 Å². The summed E-state index contributed by atoms with van der Waals surface area (Å²) < 4.78 is 0. The number of rotatable bonds is 4. The van der Waals surface area contributed by atoms with Gasteiger partial charge in [0.15, 0.2) is 0 Å². The van der Waals surface area contributed by atoms with Gasteiger partial charge in [0.1, 0.15) is 0 Å². The van der Waals surface area contributed by atoms with E-state index in [0.717, 1.165) is 19.3 Å². The zero-order chi connectivity index (χ0) is 12.8. The van der Waals surface area contributed by atoms with E-state index in [-0.39, 0.29) is 11.8 Å². The van der Waals surface area contributed by atoms with Crippen molar-refractivity contribution < 1.29 is 4.79 Å². The van der Waals surface area contributed by atoms with Crippen LogP contribution >= 0.6 is 0 Å². The van der Waals surface area contributed by atoms with Gasteiger partial charge in [-0.3, -0.25) is 4.79 Å². The molecule has 3 N–H and O–H groups in total. The van der Waals surface area contributed by atoms with Crippen molar-refractivity contribution >= 4 is 5.91 Å². The molecule has 1 aromatic carbocycles. The van der Waals surface area contributed by atoms with E-state index in [2.05, 4.69) is 23.5 Å². The fourth-order valence-corrected chi connectivity index (χ4v) is 2.40. The number of carbonyl (C=O) groups is 1. The van der Waals surface area contributed by atoms with Gasteiger partial charge in [-0.15, -0.1) is 0 Å². The Bertz CT molecular complexity index is 440. The van der Waals surface area contributed by atoms with E-state index < -0.39 is 0 Å². The molecule has 0 saturated heterocycles. The lowest BCUT2D eigenvalue weighted by Gasteiger charge is -2.23. The molecule has 0 radical (unpaired) electrons. The van der Waals surface area contributed by atoms with Crippen LogP contribution in [0.2, 0.25) is 0 Å². The summed E-state index contributed by atoms with van der Waals surface area (Å²) in [7, 11) is 0. The first-order valence-corrected chi connectivity index (χ1v) is 6.51. The Kier molecular flexibility index (Phi) is 4.53. The summed E-state index contributed by atoms with van der Waals surface area (Å²) in [6.07, 6.45) is 6.57. The Balaban J connectivity index is 1.88. The molecule has 3 nitrogen and oxygen atoms in total. The lowest BCUT2D eigenvalue weighted by Crippen LogP contribution is -2.34. The first-order valence-electron chi connectivity index (χ1n) is 6.51. The number of nitrogens with two attached hydrogens (primary N) is 1. The Morgan fingerprint density at radius 3 is 2.89 bits per heavy atom. The van der Waals surface area contributed by atoms with Crippen LogP contribution < -0.4 is 11.1 Å². The van der Waals surface area contributed by atoms with E-state index in [1.165, 1.54) is 11.1 Å². The minimum Gasteiger partial charge on any atom is -0.352 e. The molecule has 0 aromatic heterocycles. The highest BCUT2D eigenvalue weighted by Crippen LogP contribution is 2.25. The highest BCUT2D eigenvalue weighted by atomic mass is 16.1. The highest BCUT2D eigenvalue weighted by Gasteiger charge is 2.23. The second-order valence-corrected chi connectivity index (χ2v) is 4.66. The summed E-state index contributed by atoms with van der Waals surface area (Å²) in [6, 6.07) is 8.40. The van der Waals surface area contributed by atoms with Gasteiger partial charge >= 0.3 is 0 Å². The second-order valence-electron chi connectivity index (χ2n) is 4.66. The molecule has 0 aliphatic heterocycles. The largest absolute Gasteiger partial charge is 0.352 e. The van der Waals surface area contributed by atoms with Crippen molar-refractivity contribution in [2.24, 2.45) is 11.7 Å². The van der Waals surface area contributed by atoms with E-state index >= 15 is 0 Å². The zero-order valence-electron chi connectivity index (χ0n) is 10.6. The number of carbonyl (C=O) groups excluding carboxylic acids is 1. The number of benzene rings is 1. The summed E-state index contributed by atoms with van der Waals surface area (Å²) >= 11 is 0. The number of hydrogen-bond acceptors (Lipinski definition) is 2. The summed E-state index contributed by atoms with van der Waals surface area (Å²) in [5.41, 5.74) is 8.06. The van der Waals surface area contributed by atoms with Gasteiger partial charge in [0.05, 0.1) is 0 Å². The van der Waals surface area contributed by atoms with Crippen LogP contribution in [0.15, 0.2) is 36.4 Å². The van der Waals surface area contributed by atoms with E-state index in [4.69, 9.17) is 5.73 Å². The molecule has 0 fully saturated rings. The van der Waals surface area contributed by atoms with Gasteiger partial charge in [-0.1, -0.05) is 36.4 Å². The summed E-state index contributed by atoms with van der Waals surface area (Å²) in [4.78, 5) is 12.0. The lowest BCUT2D eigenvalue weighted by atomic mass is 9.83. The molecule has 0 spiro atoms. The number of amides is 1. The maximum atomic E-state index is 12.0. The molecule has 18 heavy (non-hydrogen) atoms. The van der Waals surface area contributed by atoms with Gasteiger partial charge < -0.3 is 11.1 Å². The molecule has 0 saturated carbocycles. The minimum atomic E-state index is 0.117. The standard InChI is InChI=1S/C15H20N2O/c16-9-3-4-10-17-15(18)14-8-7-12-5-1-2-6-13(12)11-14/h1-6,14H,7-11,16H2,(H,17,18)/b4-3+. The molecule has 1 amide bonds. The number of fused-ring (bicyclic) bond motifs is 1. The monoisotopic (exact) mass is 244 g/mol. The predicted molar refractivity (Wildman–Crippen MR) is 73.2 cm³/mol. The van der Waals surface area contributed by atoms with Crippen molar-refractivity contribution in [2.75, 3.05) is 13.1 Å². The van der Waals surface area contributed by atoms with Crippen LogP contribution in [0.5, 0.6) is 0 Å². The molecular weight excluding hydrogens is 224 g/mol. The van der Waals surface area contributed by atoms with Crippen molar-refractivity contribution in [3.05, 3.63) is 47.5 Å². The van der Waals surface area contributed by atoms with Gasteiger partial charge in [0, 0.05) is 19.0 Å².